The lowest BCUT2D eigenvalue weighted by atomic mass is 9.85. The van der Waals surface area contributed by atoms with Gasteiger partial charge in [0, 0.05) is 41.6 Å². The maximum Gasteiger partial charge on any atom is 0.306 e. The van der Waals surface area contributed by atoms with Crippen molar-refractivity contribution in [2.75, 3.05) is 7.11 Å². The lowest BCUT2D eigenvalue weighted by Gasteiger charge is -2.21. The second kappa shape index (κ2) is 8.90. The van der Waals surface area contributed by atoms with E-state index in [9.17, 15) is 19.8 Å². The van der Waals surface area contributed by atoms with E-state index >= 15 is 0 Å². The second-order valence-corrected chi connectivity index (χ2v) is 7.98. The smallest absolute Gasteiger partial charge is 0.306 e. The minimum atomic E-state index is -0.819. The highest BCUT2D eigenvalue weighted by Gasteiger charge is 2.29. The SMILES string of the molecule is COC(=O)CC(c1cccc2nccnc12)c1c(O)cc(O)c2c(=O)cc(-c3ccccc3)oc12. The van der Waals surface area contributed by atoms with Crippen LogP contribution < -0.4 is 5.43 Å². The number of benzene rings is 3. The molecule has 8 nitrogen and oxygen atoms in total. The fraction of sp³-hybridized carbons (Fsp3) is 0.111. The molecule has 2 heterocycles. The first-order valence-corrected chi connectivity index (χ1v) is 10.8. The Hall–Kier alpha value is -4.72. The number of ether oxygens (including phenoxy) is 1. The van der Waals surface area contributed by atoms with Gasteiger partial charge in [0.25, 0.3) is 0 Å². The summed E-state index contributed by atoms with van der Waals surface area (Å²) in [5, 5.41) is 21.5. The zero-order valence-corrected chi connectivity index (χ0v) is 18.6. The number of nitrogens with zero attached hydrogens (tertiary/aromatic N) is 2. The highest BCUT2D eigenvalue weighted by Crippen LogP contribution is 2.44. The average Bonchev–Trinajstić information content (AvgIpc) is 2.87. The lowest BCUT2D eigenvalue weighted by Crippen LogP contribution is -2.13. The molecule has 174 valence electrons. The first kappa shape index (κ1) is 22.1. The van der Waals surface area contributed by atoms with E-state index in [1.807, 2.05) is 6.07 Å². The fourth-order valence-electron chi connectivity index (χ4n) is 4.32. The summed E-state index contributed by atoms with van der Waals surface area (Å²) in [5.74, 6) is -1.87. The molecule has 0 spiro atoms. The molecule has 0 bridgehead atoms. The molecule has 0 saturated carbocycles. The quantitative estimate of drug-likeness (QED) is 0.361. The van der Waals surface area contributed by atoms with Crippen LogP contribution in [0.4, 0.5) is 0 Å². The molecule has 1 atom stereocenters. The summed E-state index contributed by atoms with van der Waals surface area (Å²) < 4.78 is 11.1. The van der Waals surface area contributed by atoms with Gasteiger partial charge < -0.3 is 19.4 Å². The van der Waals surface area contributed by atoms with E-state index in [0.29, 0.717) is 22.2 Å². The van der Waals surface area contributed by atoms with Crippen LogP contribution in [0.25, 0.3) is 33.3 Å². The van der Waals surface area contributed by atoms with Gasteiger partial charge in [-0.25, -0.2) is 0 Å². The summed E-state index contributed by atoms with van der Waals surface area (Å²) in [6.45, 7) is 0. The summed E-state index contributed by atoms with van der Waals surface area (Å²) in [4.78, 5) is 34.3. The predicted molar refractivity (Wildman–Crippen MR) is 129 cm³/mol. The van der Waals surface area contributed by atoms with Gasteiger partial charge in [-0.3, -0.25) is 19.6 Å². The first-order valence-electron chi connectivity index (χ1n) is 10.8. The molecule has 0 aliphatic rings. The number of rotatable bonds is 5. The van der Waals surface area contributed by atoms with Crippen molar-refractivity contribution >= 4 is 28.0 Å². The third-order valence-corrected chi connectivity index (χ3v) is 5.91. The van der Waals surface area contributed by atoms with Gasteiger partial charge in [0.15, 0.2) is 5.43 Å². The summed E-state index contributed by atoms with van der Waals surface area (Å²) in [7, 11) is 1.27. The number of esters is 1. The predicted octanol–water partition coefficient (Wildman–Crippen LogP) is 4.51. The number of carbonyl (C=O) groups excluding carboxylic acids is 1. The molecular formula is C27H20N2O6. The topological polar surface area (TPSA) is 123 Å². The zero-order valence-electron chi connectivity index (χ0n) is 18.6. The van der Waals surface area contributed by atoms with Crippen molar-refractivity contribution in [3.8, 4) is 22.8 Å². The molecule has 0 aliphatic heterocycles. The van der Waals surface area contributed by atoms with E-state index < -0.39 is 23.1 Å². The lowest BCUT2D eigenvalue weighted by molar-refractivity contribution is -0.140. The Labute approximate surface area is 199 Å². The van der Waals surface area contributed by atoms with Crippen LogP contribution in [-0.2, 0) is 9.53 Å². The first-order chi connectivity index (χ1) is 17.0. The summed E-state index contributed by atoms with van der Waals surface area (Å²) in [6, 6.07) is 16.7. The van der Waals surface area contributed by atoms with Crippen LogP contribution in [0.3, 0.4) is 0 Å². The van der Waals surface area contributed by atoms with E-state index in [4.69, 9.17) is 9.15 Å². The van der Waals surface area contributed by atoms with Gasteiger partial charge in [0.2, 0.25) is 0 Å². The Bertz CT molecular complexity index is 1620. The highest BCUT2D eigenvalue weighted by molar-refractivity contribution is 5.92. The fourth-order valence-corrected chi connectivity index (χ4v) is 4.32. The van der Waals surface area contributed by atoms with Gasteiger partial charge in [-0.2, -0.15) is 0 Å². The molecule has 5 aromatic rings. The van der Waals surface area contributed by atoms with Gasteiger partial charge in [-0.05, 0) is 11.6 Å². The number of phenols is 2. The van der Waals surface area contributed by atoms with Gasteiger partial charge >= 0.3 is 5.97 Å². The number of fused-ring (bicyclic) bond motifs is 2. The molecule has 2 aromatic heterocycles. The van der Waals surface area contributed by atoms with Crippen molar-refractivity contribution in [2.24, 2.45) is 0 Å². The standard InChI is InChI=1S/C27H20N2O6/c1-34-23(33)12-17(16-8-5-9-18-26(16)29-11-10-28-18)24-19(30)13-20(31)25-21(32)14-22(35-27(24)25)15-6-3-2-4-7-15/h2-11,13-14,17,30-31H,12H2,1H3. The van der Waals surface area contributed by atoms with Crippen LogP contribution in [0, 0.1) is 0 Å². The molecule has 1 unspecified atom stereocenters. The Kier molecular flexibility index (Phi) is 5.62. The van der Waals surface area contributed by atoms with E-state index in [-0.39, 0.29) is 34.5 Å². The van der Waals surface area contributed by atoms with E-state index in [1.165, 1.54) is 19.4 Å². The number of methoxy groups -OCH3 is 1. The Morgan fingerprint density at radius 2 is 1.77 bits per heavy atom. The number of aromatic nitrogens is 2. The molecule has 2 N–H and O–H groups in total. The minimum absolute atomic E-state index is 0.0244. The molecular weight excluding hydrogens is 448 g/mol. The van der Waals surface area contributed by atoms with Gasteiger partial charge in [-0.15, -0.1) is 0 Å². The van der Waals surface area contributed by atoms with E-state index in [0.717, 1.165) is 6.07 Å². The number of hydrogen-bond donors (Lipinski definition) is 2. The van der Waals surface area contributed by atoms with Crippen molar-refractivity contribution in [3.63, 3.8) is 0 Å². The van der Waals surface area contributed by atoms with Crippen LogP contribution in [0.15, 0.2) is 82.3 Å². The minimum Gasteiger partial charge on any atom is -0.507 e. The van der Waals surface area contributed by atoms with Gasteiger partial charge in [-0.1, -0.05) is 42.5 Å². The summed E-state index contributed by atoms with van der Waals surface area (Å²) in [5.41, 5.74) is 1.98. The molecule has 0 aliphatic carbocycles. The van der Waals surface area contributed by atoms with Gasteiger partial charge in [0.05, 0.1) is 24.6 Å². The molecule has 0 amide bonds. The zero-order chi connectivity index (χ0) is 24.5. The van der Waals surface area contributed by atoms with Crippen LogP contribution >= 0.6 is 0 Å². The number of aromatic hydroxyl groups is 2. The molecule has 3 aromatic carbocycles. The van der Waals surface area contributed by atoms with Crippen molar-refractivity contribution in [1.82, 2.24) is 9.97 Å². The Morgan fingerprint density at radius 1 is 1.00 bits per heavy atom. The van der Waals surface area contributed by atoms with Gasteiger partial charge in [0.1, 0.15) is 28.2 Å². The van der Waals surface area contributed by atoms with Crippen LogP contribution in [0.1, 0.15) is 23.5 Å². The van der Waals surface area contributed by atoms with Crippen LogP contribution in [0.2, 0.25) is 0 Å². The van der Waals surface area contributed by atoms with E-state index in [2.05, 4.69) is 9.97 Å². The maximum absolute atomic E-state index is 13.1. The average molecular weight is 468 g/mol. The molecule has 35 heavy (non-hydrogen) atoms. The largest absolute Gasteiger partial charge is 0.507 e. The maximum atomic E-state index is 13.1. The van der Waals surface area contributed by atoms with Crippen molar-refractivity contribution in [1.29, 1.82) is 0 Å². The van der Waals surface area contributed by atoms with Crippen molar-refractivity contribution in [2.45, 2.75) is 12.3 Å². The molecule has 8 heteroatoms. The number of hydrogen-bond acceptors (Lipinski definition) is 8. The highest BCUT2D eigenvalue weighted by atomic mass is 16.5. The van der Waals surface area contributed by atoms with E-state index in [1.54, 1.807) is 48.7 Å². The van der Waals surface area contributed by atoms with Crippen molar-refractivity contribution < 1.29 is 24.2 Å². The Balaban J connectivity index is 1.86. The number of phenolic OH excluding ortho intramolecular Hbond substituents is 2. The molecule has 0 saturated heterocycles. The summed E-state index contributed by atoms with van der Waals surface area (Å²) in [6.07, 6.45) is 2.91. The van der Waals surface area contributed by atoms with Crippen molar-refractivity contribution in [3.05, 3.63) is 94.4 Å². The molecule has 0 fully saturated rings. The number of para-hydroxylation sites is 1. The molecule has 0 radical (unpaired) electrons. The molecule has 5 rings (SSSR count). The van der Waals surface area contributed by atoms with Crippen LogP contribution in [0.5, 0.6) is 11.5 Å². The normalized spacial score (nSPS) is 12.0. The second-order valence-electron chi connectivity index (χ2n) is 7.98. The third-order valence-electron chi connectivity index (χ3n) is 5.91. The Morgan fingerprint density at radius 3 is 2.54 bits per heavy atom. The monoisotopic (exact) mass is 468 g/mol. The third kappa shape index (κ3) is 3.95. The number of carbonyl (C=O) groups is 1. The van der Waals surface area contributed by atoms with Crippen LogP contribution in [-0.4, -0.2) is 33.3 Å². The summed E-state index contributed by atoms with van der Waals surface area (Å²) >= 11 is 0.